The smallest absolute Gasteiger partial charge is 0.246 e. The molecule has 1 aliphatic carbocycles. The van der Waals surface area contributed by atoms with Crippen LogP contribution < -0.4 is 5.32 Å². The van der Waals surface area contributed by atoms with Crippen LogP contribution in [0.1, 0.15) is 5.56 Å². The summed E-state index contributed by atoms with van der Waals surface area (Å²) in [4.78, 5) is 18.0. The van der Waals surface area contributed by atoms with E-state index in [0.29, 0.717) is 18.2 Å². The van der Waals surface area contributed by atoms with E-state index < -0.39 is 0 Å². The zero-order chi connectivity index (χ0) is 15.8. The van der Waals surface area contributed by atoms with E-state index in [1.165, 1.54) is 0 Å². The van der Waals surface area contributed by atoms with Crippen molar-refractivity contribution < 1.29 is 10.0 Å². The molecule has 1 aromatic carbocycles. The molecular formula is C17H16N4O2. The molecule has 0 bridgehead atoms. The molecule has 23 heavy (non-hydrogen) atoms. The maximum Gasteiger partial charge on any atom is 0.246 e. The van der Waals surface area contributed by atoms with Gasteiger partial charge in [-0.05, 0) is 0 Å². The molecule has 2 N–H and O–H groups in total. The Morgan fingerprint density at radius 3 is 2.96 bits per heavy atom. The molecule has 0 saturated carbocycles. The van der Waals surface area contributed by atoms with Crippen molar-refractivity contribution >= 4 is 17.6 Å². The Morgan fingerprint density at radius 1 is 1.35 bits per heavy atom. The van der Waals surface area contributed by atoms with Crippen molar-refractivity contribution in [2.75, 3.05) is 13.1 Å². The first kappa shape index (κ1) is 13.8. The highest BCUT2D eigenvalue weighted by atomic mass is 16.4. The van der Waals surface area contributed by atoms with E-state index in [2.05, 4.69) is 21.5 Å². The number of rotatable bonds is 2. The van der Waals surface area contributed by atoms with Gasteiger partial charge in [-0.3, -0.25) is 10.1 Å². The summed E-state index contributed by atoms with van der Waals surface area (Å²) >= 11 is 0. The number of hydrogen-bond acceptors (Lipinski definition) is 5. The van der Waals surface area contributed by atoms with Crippen LogP contribution in [0.15, 0.2) is 64.3 Å². The van der Waals surface area contributed by atoms with Gasteiger partial charge in [0.1, 0.15) is 12.3 Å². The second-order valence-electron chi connectivity index (χ2n) is 5.83. The van der Waals surface area contributed by atoms with Crippen molar-refractivity contribution in [1.29, 1.82) is 0 Å². The zero-order valence-corrected chi connectivity index (χ0v) is 12.4. The van der Waals surface area contributed by atoms with Crippen LogP contribution in [0.3, 0.4) is 0 Å². The summed E-state index contributed by atoms with van der Waals surface area (Å²) in [7, 11) is 0. The highest BCUT2D eigenvalue weighted by Gasteiger charge is 2.35. The van der Waals surface area contributed by atoms with Gasteiger partial charge in [-0.15, -0.1) is 0 Å². The summed E-state index contributed by atoms with van der Waals surface area (Å²) in [5.74, 6) is 0.807. The predicted octanol–water partition coefficient (Wildman–Crippen LogP) is 1.15. The molecule has 1 fully saturated rings. The third-order valence-electron chi connectivity index (χ3n) is 4.31. The van der Waals surface area contributed by atoms with Gasteiger partial charge in [0.25, 0.3) is 0 Å². The van der Waals surface area contributed by atoms with Gasteiger partial charge in [-0.2, -0.15) is 0 Å². The van der Waals surface area contributed by atoms with Crippen LogP contribution in [0.5, 0.6) is 0 Å². The molecule has 0 aromatic heterocycles. The van der Waals surface area contributed by atoms with Crippen LogP contribution in [0.2, 0.25) is 0 Å². The summed E-state index contributed by atoms with van der Waals surface area (Å²) in [5.41, 5.74) is 2.28. The minimum atomic E-state index is -0.0162. The molecule has 4 rings (SSSR count). The molecule has 1 amide bonds. The van der Waals surface area contributed by atoms with Crippen LogP contribution in [0, 0.1) is 5.92 Å². The number of allylic oxidation sites excluding steroid dienone is 2. The Kier molecular flexibility index (Phi) is 3.22. The van der Waals surface area contributed by atoms with Crippen molar-refractivity contribution in [2.45, 2.75) is 6.04 Å². The Balaban J connectivity index is 1.63. The second kappa shape index (κ2) is 5.39. The largest absolute Gasteiger partial charge is 0.410 e. The molecule has 2 atom stereocenters. The number of hydrogen-bond donors (Lipinski definition) is 2. The topological polar surface area (TPSA) is 77.3 Å². The van der Waals surface area contributed by atoms with Crippen molar-refractivity contribution in [2.24, 2.45) is 16.1 Å². The molecule has 6 nitrogen and oxygen atoms in total. The average Bonchev–Trinajstić information content (AvgIpc) is 2.93. The lowest BCUT2D eigenvalue weighted by molar-refractivity contribution is -0.118. The van der Waals surface area contributed by atoms with E-state index in [-0.39, 0.29) is 17.9 Å². The minimum Gasteiger partial charge on any atom is -0.410 e. The fourth-order valence-electron chi connectivity index (χ4n) is 3.22. The van der Waals surface area contributed by atoms with E-state index in [1.54, 1.807) is 0 Å². The number of benzene rings is 1. The fraction of sp³-hybridized carbons (Fsp3) is 0.235. The van der Waals surface area contributed by atoms with Crippen LogP contribution >= 0.6 is 0 Å². The Bertz CT molecular complexity index is 764. The van der Waals surface area contributed by atoms with Gasteiger partial charge in [0.2, 0.25) is 11.9 Å². The molecule has 1 saturated heterocycles. The standard InChI is InChI=1S/C17H16N4O2/c22-15-10-21-9-13-8-12(6-7-14(13)18-17(21)19-15)16(20-23)11-4-2-1-3-5-11/h1-8,13-14,23H,9-10H2,(H,18,19,22)/b20-16+. The number of oxime groups is 1. The summed E-state index contributed by atoms with van der Waals surface area (Å²) in [5, 5.41) is 15.7. The minimum absolute atomic E-state index is 0.0131. The number of carbonyl (C=O) groups excluding carboxylic acids is 1. The van der Waals surface area contributed by atoms with Gasteiger partial charge in [0.15, 0.2) is 0 Å². The van der Waals surface area contributed by atoms with Crippen LogP contribution in [-0.4, -0.2) is 46.8 Å². The second-order valence-corrected chi connectivity index (χ2v) is 5.83. The summed E-state index contributed by atoms with van der Waals surface area (Å²) in [6.07, 6.45) is 6.01. The third kappa shape index (κ3) is 2.42. The van der Waals surface area contributed by atoms with Crippen LogP contribution in [-0.2, 0) is 4.79 Å². The van der Waals surface area contributed by atoms with Gasteiger partial charge < -0.3 is 10.1 Å². The molecule has 1 aromatic rings. The van der Waals surface area contributed by atoms with Crippen molar-refractivity contribution in [3.8, 4) is 0 Å². The van der Waals surface area contributed by atoms with Crippen molar-refractivity contribution in [1.82, 2.24) is 10.2 Å². The Labute approximate surface area is 133 Å². The third-order valence-corrected chi connectivity index (χ3v) is 4.31. The van der Waals surface area contributed by atoms with Gasteiger partial charge in [-0.1, -0.05) is 53.7 Å². The Hall–Kier alpha value is -2.89. The number of carbonyl (C=O) groups is 1. The zero-order valence-electron chi connectivity index (χ0n) is 12.4. The lowest BCUT2D eigenvalue weighted by atomic mass is 9.87. The summed E-state index contributed by atoms with van der Waals surface area (Å²) < 4.78 is 0. The molecule has 0 spiro atoms. The van der Waals surface area contributed by atoms with E-state index in [0.717, 1.165) is 17.7 Å². The quantitative estimate of drug-likeness (QED) is 0.489. The number of nitrogens with one attached hydrogen (secondary N) is 1. The van der Waals surface area contributed by atoms with Gasteiger partial charge in [-0.25, -0.2) is 4.99 Å². The van der Waals surface area contributed by atoms with Crippen LogP contribution in [0.25, 0.3) is 0 Å². The molecular weight excluding hydrogens is 292 g/mol. The monoisotopic (exact) mass is 308 g/mol. The van der Waals surface area contributed by atoms with E-state index in [9.17, 15) is 10.0 Å². The average molecular weight is 308 g/mol. The lowest BCUT2D eigenvalue weighted by Crippen LogP contribution is -2.43. The lowest BCUT2D eigenvalue weighted by Gasteiger charge is -2.33. The maximum absolute atomic E-state index is 11.5. The van der Waals surface area contributed by atoms with E-state index in [4.69, 9.17) is 0 Å². The first-order valence-electron chi connectivity index (χ1n) is 7.55. The van der Waals surface area contributed by atoms with Gasteiger partial charge in [0.05, 0.1) is 6.04 Å². The highest BCUT2D eigenvalue weighted by molar-refractivity contribution is 6.14. The first-order chi connectivity index (χ1) is 11.2. The normalized spacial score (nSPS) is 26.2. The van der Waals surface area contributed by atoms with Gasteiger partial charge >= 0.3 is 0 Å². The molecule has 0 radical (unpaired) electrons. The first-order valence-corrected chi connectivity index (χ1v) is 7.55. The SMILES string of the molecule is O=C1CN2CC3C=C(/C(=N/O)c4ccccc4)C=CC3N=C2N1. The van der Waals surface area contributed by atoms with Crippen molar-refractivity contribution in [3.63, 3.8) is 0 Å². The molecule has 116 valence electrons. The number of fused-ring (bicyclic) bond motifs is 2. The molecule has 3 aliphatic rings. The number of guanidine groups is 1. The van der Waals surface area contributed by atoms with E-state index >= 15 is 0 Å². The summed E-state index contributed by atoms with van der Waals surface area (Å²) in [6.45, 7) is 1.08. The Morgan fingerprint density at radius 2 is 2.17 bits per heavy atom. The molecule has 2 aliphatic heterocycles. The summed E-state index contributed by atoms with van der Waals surface area (Å²) in [6, 6.07) is 9.59. The van der Waals surface area contributed by atoms with E-state index in [1.807, 2.05) is 47.4 Å². The molecule has 2 heterocycles. The van der Waals surface area contributed by atoms with Gasteiger partial charge in [0, 0.05) is 23.6 Å². The predicted molar refractivity (Wildman–Crippen MR) is 86.4 cm³/mol. The fourth-order valence-corrected chi connectivity index (χ4v) is 3.22. The number of nitrogens with zero attached hydrogens (tertiary/aromatic N) is 3. The molecule has 6 heteroatoms. The van der Waals surface area contributed by atoms with Crippen LogP contribution in [0.4, 0.5) is 0 Å². The highest BCUT2D eigenvalue weighted by Crippen LogP contribution is 2.27. The maximum atomic E-state index is 11.5. The number of aliphatic imine (C=N–C) groups is 1. The van der Waals surface area contributed by atoms with Crippen molar-refractivity contribution in [3.05, 3.63) is 59.7 Å². The number of amides is 1. The molecule has 2 unspecified atom stereocenters.